The van der Waals surface area contributed by atoms with Crippen LogP contribution in [-0.2, 0) is 17.3 Å². The maximum absolute atomic E-state index is 6.59. The van der Waals surface area contributed by atoms with Crippen LogP contribution in [0.5, 0.6) is 0 Å². The van der Waals surface area contributed by atoms with Crippen molar-refractivity contribution in [2.45, 2.75) is 78.1 Å². The Bertz CT molecular complexity index is 3520. The number of rotatable bonds is 8. The second kappa shape index (κ2) is 14.4. The predicted octanol–water partition coefficient (Wildman–Crippen LogP) is 14.8. The van der Waals surface area contributed by atoms with Crippen LogP contribution in [-0.4, -0.2) is 11.8 Å². The van der Waals surface area contributed by atoms with E-state index in [1.807, 2.05) is 0 Å². The molecule has 0 atom stereocenters. The number of benzene rings is 8. The van der Waals surface area contributed by atoms with Gasteiger partial charge in [-0.3, -0.25) is 0 Å². The van der Waals surface area contributed by atoms with Crippen LogP contribution in [0.3, 0.4) is 0 Å². The van der Waals surface area contributed by atoms with Gasteiger partial charge in [-0.2, -0.15) is 0 Å². The minimum absolute atomic E-state index is 0.0226. The van der Waals surface area contributed by atoms with Gasteiger partial charge in [0.2, 0.25) is 0 Å². The molecule has 0 saturated carbocycles. The van der Waals surface area contributed by atoms with Gasteiger partial charge in [-0.25, -0.2) is 0 Å². The van der Waals surface area contributed by atoms with Gasteiger partial charge in [-0.15, -0.1) is 0 Å². The molecule has 4 heteroatoms. The van der Waals surface area contributed by atoms with Crippen molar-refractivity contribution < 1.29 is 4.42 Å². The number of hydrogen-bond donors (Lipinski definition) is 1. The molecule has 1 aliphatic heterocycles. The number of nitrogens with zero attached hydrogens (tertiary/aromatic N) is 1. The Hall–Kier alpha value is -6.78. The van der Waals surface area contributed by atoms with Crippen molar-refractivity contribution in [3.63, 3.8) is 0 Å². The van der Waals surface area contributed by atoms with E-state index in [4.69, 9.17) is 4.42 Å². The second-order valence-corrected chi connectivity index (χ2v) is 20.0. The number of aromatic nitrogens is 1. The molecule has 8 aromatic carbocycles. The van der Waals surface area contributed by atoms with Gasteiger partial charge < -0.3 is 14.3 Å². The summed E-state index contributed by atoms with van der Waals surface area (Å²) in [6, 6.07) is 57.1. The first-order valence-corrected chi connectivity index (χ1v) is 23.4. The molecule has 0 bridgehead atoms. The molecule has 0 unspecified atom stereocenters. The van der Waals surface area contributed by atoms with Crippen LogP contribution >= 0.6 is 0 Å². The van der Waals surface area contributed by atoms with Gasteiger partial charge in [-0.05, 0) is 134 Å². The summed E-state index contributed by atoms with van der Waals surface area (Å²) in [6.45, 7) is 14.0. The molecule has 10 aromatic rings. The molecular formula is C60H53BN2O. The van der Waals surface area contributed by atoms with Gasteiger partial charge in [0.05, 0.1) is 5.52 Å². The number of hydrogen-bond acceptors (Lipinski definition) is 2. The van der Waals surface area contributed by atoms with Crippen LogP contribution in [0.2, 0.25) is 0 Å². The fourth-order valence-electron chi connectivity index (χ4n) is 11.2. The van der Waals surface area contributed by atoms with E-state index in [0.717, 1.165) is 52.6 Å². The van der Waals surface area contributed by atoms with E-state index in [0.29, 0.717) is 0 Å². The zero-order chi connectivity index (χ0) is 43.5. The molecular weight excluding hydrogens is 775 g/mol. The van der Waals surface area contributed by atoms with E-state index in [1.165, 1.54) is 108 Å². The first-order valence-electron chi connectivity index (χ1n) is 23.4. The largest absolute Gasteiger partial charge is 0.456 e. The fraction of sp³-hybridized carbons (Fsp3) is 0.200. The van der Waals surface area contributed by atoms with Crippen LogP contribution in [0.4, 0.5) is 11.4 Å². The van der Waals surface area contributed by atoms with E-state index in [-0.39, 0.29) is 10.8 Å². The highest BCUT2D eigenvalue weighted by atomic mass is 16.3. The number of unbranched alkanes of at least 4 members (excludes halogenated alkanes) is 2. The van der Waals surface area contributed by atoms with Crippen LogP contribution < -0.4 is 16.2 Å². The molecule has 312 valence electrons. The molecule has 3 nitrogen and oxygen atoms in total. The Morgan fingerprint density at radius 1 is 0.625 bits per heavy atom. The molecule has 2 aromatic heterocycles. The lowest BCUT2D eigenvalue weighted by Crippen LogP contribution is -2.38. The van der Waals surface area contributed by atoms with Crippen molar-refractivity contribution in [1.29, 1.82) is 0 Å². The van der Waals surface area contributed by atoms with Crippen molar-refractivity contribution in [3.8, 4) is 39.1 Å². The van der Waals surface area contributed by atoms with E-state index in [1.54, 1.807) is 0 Å². The summed E-state index contributed by atoms with van der Waals surface area (Å²) in [7, 11) is 0.826. The van der Waals surface area contributed by atoms with Crippen LogP contribution in [0, 0.1) is 0 Å². The lowest BCUT2D eigenvalue weighted by molar-refractivity contribution is 0.591. The lowest BCUT2D eigenvalue weighted by Gasteiger charge is -2.27. The van der Waals surface area contributed by atoms with E-state index < -0.39 is 0 Å². The van der Waals surface area contributed by atoms with Crippen LogP contribution in [0.25, 0.3) is 82.8 Å². The standard InChI is InChI=1S/C60H53BN2O/c1-7-8-9-16-36-23-27-39(28-24-36)62-51-21-14-11-18-41(51)46-33-44(37-25-29-43-42-19-12-15-22-54(42)64-55(43)31-37)56-47-32-38(59(2,3)4)26-30-52(47)63-53-34-45-40-17-10-13-20-48(40)60(5,6)49(45)35-50(53)61-57(46)58(56)63/h10-15,17-35,61-62H,7-9,16H2,1-6H3. The fourth-order valence-corrected chi connectivity index (χ4v) is 11.2. The van der Waals surface area contributed by atoms with Crippen molar-refractivity contribution in [3.05, 3.63) is 174 Å². The van der Waals surface area contributed by atoms with Gasteiger partial charge in [0.15, 0.2) is 7.28 Å². The predicted molar refractivity (Wildman–Crippen MR) is 275 cm³/mol. The molecule has 64 heavy (non-hydrogen) atoms. The minimum Gasteiger partial charge on any atom is -0.456 e. The van der Waals surface area contributed by atoms with Crippen LogP contribution in [0.15, 0.2) is 156 Å². The molecule has 1 N–H and O–H groups in total. The van der Waals surface area contributed by atoms with Crippen LogP contribution in [0.1, 0.15) is 83.1 Å². The normalized spacial score (nSPS) is 13.7. The Balaban J connectivity index is 1.15. The Morgan fingerprint density at radius 3 is 2.22 bits per heavy atom. The molecule has 12 rings (SSSR count). The molecule has 0 fully saturated rings. The summed E-state index contributed by atoms with van der Waals surface area (Å²) in [4.78, 5) is 0. The third-order valence-electron chi connectivity index (χ3n) is 14.6. The second-order valence-electron chi connectivity index (χ2n) is 20.0. The zero-order valence-corrected chi connectivity index (χ0v) is 37.8. The molecule has 0 saturated heterocycles. The molecule has 1 aliphatic carbocycles. The van der Waals surface area contributed by atoms with E-state index >= 15 is 0 Å². The summed E-state index contributed by atoms with van der Waals surface area (Å²) in [6.07, 6.45) is 4.85. The number of aryl methyl sites for hydroxylation is 1. The number of para-hydroxylation sites is 2. The Kier molecular flexibility index (Phi) is 8.73. The third kappa shape index (κ3) is 5.95. The summed E-state index contributed by atoms with van der Waals surface area (Å²) in [5.74, 6) is 0. The number of nitrogens with one attached hydrogen (secondary N) is 1. The van der Waals surface area contributed by atoms with Crippen molar-refractivity contribution in [2.24, 2.45) is 0 Å². The maximum atomic E-state index is 6.59. The number of fused-ring (bicyclic) bond motifs is 11. The van der Waals surface area contributed by atoms with Gasteiger partial charge in [0, 0.05) is 55.1 Å². The molecule has 0 spiro atoms. The number of furan rings is 1. The summed E-state index contributed by atoms with van der Waals surface area (Å²) in [5.41, 5.74) is 23.5. The molecule has 2 aliphatic rings. The average molecular weight is 829 g/mol. The molecule has 0 radical (unpaired) electrons. The van der Waals surface area contributed by atoms with Gasteiger partial charge >= 0.3 is 0 Å². The van der Waals surface area contributed by atoms with Crippen molar-refractivity contribution in [1.82, 2.24) is 4.57 Å². The summed E-state index contributed by atoms with van der Waals surface area (Å²) < 4.78 is 9.22. The van der Waals surface area contributed by atoms with Crippen molar-refractivity contribution in [2.75, 3.05) is 5.32 Å². The maximum Gasteiger partial charge on any atom is 0.198 e. The number of anilines is 2. The minimum atomic E-state index is -0.0963. The molecule has 3 heterocycles. The summed E-state index contributed by atoms with van der Waals surface area (Å²) >= 11 is 0. The van der Waals surface area contributed by atoms with Gasteiger partial charge in [-0.1, -0.05) is 151 Å². The summed E-state index contributed by atoms with van der Waals surface area (Å²) in [5, 5.41) is 8.77. The lowest BCUT2D eigenvalue weighted by atomic mass is 9.58. The van der Waals surface area contributed by atoms with Crippen molar-refractivity contribution >= 4 is 73.3 Å². The third-order valence-corrected chi connectivity index (χ3v) is 14.6. The SMILES string of the molecule is CCCCCc1ccc(Nc2ccccc2-c2cc(-c3ccc4c(c3)oc3ccccc34)c3c4cc(C(C)(C)C)ccc4n4c3c2Bc2cc3c(cc2-4)-c2ccccc2C3(C)C)cc1. The molecule has 0 amide bonds. The van der Waals surface area contributed by atoms with E-state index in [2.05, 4.69) is 203 Å². The monoisotopic (exact) mass is 828 g/mol. The highest BCUT2D eigenvalue weighted by molar-refractivity contribution is 6.73. The van der Waals surface area contributed by atoms with Gasteiger partial charge in [0.25, 0.3) is 0 Å². The van der Waals surface area contributed by atoms with Gasteiger partial charge in [0.1, 0.15) is 11.2 Å². The Morgan fingerprint density at radius 2 is 1.39 bits per heavy atom. The zero-order valence-electron chi connectivity index (χ0n) is 37.8. The quantitative estimate of drug-likeness (QED) is 0.122. The highest BCUT2D eigenvalue weighted by Gasteiger charge is 2.38. The first-order chi connectivity index (χ1) is 31.1. The highest BCUT2D eigenvalue weighted by Crippen LogP contribution is 2.50. The Labute approximate surface area is 377 Å². The average Bonchev–Trinajstić information content (AvgIpc) is 3.92. The first kappa shape index (κ1) is 38.9. The topological polar surface area (TPSA) is 30.1 Å². The smallest absolute Gasteiger partial charge is 0.198 e. The van der Waals surface area contributed by atoms with E-state index in [9.17, 15) is 0 Å².